The largest absolute Gasteiger partial charge is 0.472 e. The van der Waals surface area contributed by atoms with E-state index in [2.05, 4.69) is 20.3 Å². The number of ether oxygens (including phenoxy) is 1. The predicted octanol–water partition coefficient (Wildman–Crippen LogP) is 2.58. The number of nitrogens with one attached hydrogen (secondary N) is 1. The molecule has 0 saturated heterocycles. The molecule has 0 saturated carbocycles. The maximum atomic E-state index is 5.60. The Morgan fingerprint density at radius 2 is 2.00 bits per heavy atom. The summed E-state index contributed by atoms with van der Waals surface area (Å²) < 4.78 is 5.60. The van der Waals surface area contributed by atoms with Crippen molar-refractivity contribution in [3.05, 3.63) is 42.0 Å². The highest BCUT2D eigenvalue weighted by molar-refractivity contribution is 5.44. The van der Waals surface area contributed by atoms with Crippen LogP contribution in [0.5, 0.6) is 5.88 Å². The molecule has 5 nitrogen and oxygen atoms in total. The Kier molecular flexibility index (Phi) is 4.28. The smallest absolute Gasteiger partial charge is 0.257 e. The van der Waals surface area contributed by atoms with Crippen molar-refractivity contribution in [1.82, 2.24) is 15.0 Å². The van der Waals surface area contributed by atoms with Crippen molar-refractivity contribution < 1.29 is 4.74 Å². The van der Waals surface area contributed by atoms with Gasteiger partial charge in [0.25, 0.3) is 5.88 Å². The molecular formula is C14H18N4O. The standard InChI is InChI=1S/C14H18N4O/c1-10(2)19-14-13(15-7-8-16-14)17-9-12-6-4-5-11(3)18-12/h4-8,10H,9H2,1-3H3,(H,15,17). The second kappa shape index (κ2) is 6.13. The molecule has 100 valence electrons. The Morgan fingerprint density at radius 3 is 2.74 bits per heavy atom. The van der Waals surface area contributed by atoms with Crippen molar-refractivity contribution >= 4 is 5.82 Å². The van der Waals surface area contributed by atoms with Gasteiger partial charge in [-0.2, -0.15) is 0 Å². The van der Waals surface area contributed by atoms with E-state index in [1.54, 1.807) is 12.4 Å². The summed E-state index contributed by atoms with van der Waals surface area (Å²) in [6.07, 6.45) is 3.32. The van der Waals surface area contributed by atoms with Gasteiger partial charge in [-0.15, -0.1) is 0 Å². The number of hydrogen-bond acceptors (Lipinski definition) is 5. The Bertz CT molecular complexity index is 542. The molecule has 0 aromatic carbocycles. The Morgan fingerprint density at radius 1 is 1.21 bits per heavy atom. The number of hydrogen-bond donors (Lipinski definition) is 1. The van der Waals surface area contributed by atoms with E-state index in [9.17, 15) is 0 Å². The fourth-order valence-corrected chi connectivity index (χ4v) is 1.63. The van der Waals surface area contributed by atoms with Crippen LogP contribution in [0.4, 0.5) is 5.82 Å². The first-order chi connectivity index (χ1) is 9.15. The maximum Gasteiger partial charge on any atom is 0.257 e. The van der Waals surface area contributed by atoms with Gasteiger partial charge in [-0.1, -0.05) is 6.07 Å². The highest BCUT2D eigenvalue weighted by atomic mass is 16.5. The maximum absolute atomic E-state index is 5.60. The molecule has 2 aromatic rings. The Hall–Kier alpha value is -2.17. The van der Waals surface area contributed by atoms with Gasteiger partial charge in [0.15, 0.2) is 5.82 Å². The number of aryl methyl sites for hydroxylation is 1. The molecule has 2 rings (SSSR count). The van der Waals surface area contributed by atoms with Gasteiger partial charge in [0, 0.05) is 18.1 Å². The van der Waals surface area contributed by atoms with Gasteiger partial charge in [-0.25, -0.2) is 9.97 Å². The first-order valence-corrected chi connectivity index (χ1v) is 6.29. The monoisotopic (exact) mass is 258 g/mol. The second-order valence-corrected chi connectivity index (χ2v) is 4.50. The van der Waals surface area contributed by atoms with E-state index in [4.69, 9.17) is 4.74 Å². The van der Waals surface area contributed by atoms with Crippen LogP contribution in [0.1, 0.15) is 25.2 Å². The lowest BCUT2D eigenvalue weighted by atomic mass is 10.3. The molecular weight excluding hydrogens is 240 g/mol. The molecule has 0 atom stereocenters. The normalized spacial score (nSPS) is 10.5. The Balaban J connectivity index is 2.07. The number of pyridine rings is 1. The molecule has 0 aliphatic heterocycles. The number of anilines is 1. The highest BCUT2D eigenvalue weighted by Gasteiger charge is 2.08. The van der Waals surface area contributed by atoms with Crippen molar-refractivity contribution in [3.8, 4) is 5.88 Å². The van der Waals surface area contributed by atoms with Gasteiger partial charge in [-0.05, 0) is 32.9 Å². The fourth-order valence-electron chi connectivity index (χ4n) is 1.63. The molecule has 0 bridgehead atoms. The SMILES string of the molecule is Cc1cccc(CNc2nccnc2OC(C)C)n1. The van der Waals surface area contributed by atoms with E-state index in [-0.39, 0.29) is 6.10 Å². The van der Waals surface area contributed by atoms with Crippen molar-refractivity contribution in [2.75, 3.05) is 5.32 Å². The summed E-state index contributed by atoms with van der Waals surface area (Å²) in [5.41, 5.74) is 1.96. The first kappa shape index (κ1) is 13.3. The number of rotatable bonds is 5. The van der Waals surface area contributed by atoms with Gasteiger partial charge in [0.1, 0.15) is 0 Å². The van der Waals surface area contributed by atoms with E-state index < -0.39 is 0 Å². The fraction of sp³-hybridized carbons (Fsp3) is 0.357. The van der Waals surface area contributed by atoms with E-state index in [0.717, 1.165) is 11.4 Å². The van der Waals surface area contributed by atoms with Crippen LogP contribution in [0.3, 0.4) is 0 Å². The van der Waals surface area contributed by atoms with Crippen LogP contribution in [0.15, 0.2) is 30.6 Å². The van der Waals surface area contributed by atoms with Gasteiger partial charge in [-0.3, -0.25) is 4.98 Å². The molecule has 0 fully saturated rings. The second-order valence-electron chi connectivity index (χ2n) is 4.50. The van der Waals surface area contributed by atoms with Crippen molar-refractivity contribution in [1.29, 1.82) is 0 Å². The van der Waals surface area contributed by atoms with Gasteiger partial charge < -0.3 is 10.1 Å². The van der Waals surface area contributed by atoms with Crippen molar-refractivity contribution in [3.63, 3.8) is 0 Å². The first-order valence-electron chi connectivity index (χ1n) is 6.29. The average Bonchev–Trinajstić information content (AvgIpc) is 2.37. The van der Waals surface area contributed by atoms with Crippen LogP contribution in [0.25, 0.3) is 0 Å². The predicted molar refractivity (Wildman–Crippen MR) is 74.1 cm³/mol. The molecule has 0 aliphatic carbocycles. The minimum absolute atomic E-state index is 0.0642. The third-order valence-electron chi connectivity index (χ3n) is 2.39. The lowest BCUT2D eigenvalue weighted by molar-refractivity contribution is 0.233. The summed E-state index contributed by atoms with van der Waals surface area (Å²) in [5, 5.41) is 3.20. The minimum atomic E-state index is 0.0642. The zero-order valence-electron chi connectivity index (χ0n) is 11.4. The molecule has 1 N–H and O–H groups in total. The van der Waals surface area contributed by atoms with E-state index >= 15 is 0 Å². The zero-order valence-corrected chi connectivity index (χ0v) is 11.4. The topological polar surface area (TPSA) is 59.9 Å². The molecule has 0 amide bonds. The Labute approximate surface area is 113 Å². The highest BCUT2D eigenvalue weighted by Crippen LogP contribution is 2.19. The number of aromatic nitrogens is 3. The average molecular weight is 258 g/mol. The summed E-state index contributed by atoms with van der Waals surface area (Å²) in [7, 11) is 0. The quantitative estimate of drug-likeness (QED) is 0.893. The summed E-state index contributed by atoms with van der Waals surface area (Å²) in [6.45, 7) is 6.48. The van der Waals surface area contributed by atoms with Crippen LogP contribution in [0.2, 0.25) is 0 Å². The van der Waals surface area contributed by atoms with Crippen molar-refractivity contribution in [2.24, 2.45) is 0 Å². The van der Waals surface area contributed by atoms with E-state index in [1.165, 1.54) is 0 Å². The number of nitrogens with zero attached hydrogens (tertiary/aromatic N) is 3. The van der Waals surface area contributed by atoms with Crippen LogP contribution < -0.4 is 10.1 Å². The molecule has 0 radical (unpaired) electrons. The minimum Gasteiger partial charge on any atom is -0.472 e. The van der Waals surface area contributed by atoms with E-state index in [0.29, 0.717) is 18.2 Å². The molecule has 0 aliphatic rings. The summed E-state index contributed by atoms with van der Waals surface area (Å²) in [5.74, 6) is 1.16. The molecule has 2 heterocycles. The lowest BCUT2D eigenvalue weighted by Gasteiger charge is -2.12. The van der Waals surface area contributed by atoms with E-state index in [1.807, 2.05) is 39.0 Å². The lowest BCUT2D eigenvalue weighted by Crippen LogP contribution is -2.11. The third-order valence-corrected chi connectivity index (χ3v) is 2.39. The molecule has 19 heavy (non-hydrogen) atoms. The van der Waals surface area contributed by atoms with Crippen LogP contribution in [-0.2, 0) is 6.54 Å². The summed E-state index contributed by atoms with van der Waals surface area (Å²) >= 11 is 0. The van der Waals surface area contributed by atoms with Crippen LogP contribution in [0, 0.1) is 6.92 Å². The van der Waals surface area contributed by atoms with Crippen LogP contribution in [-0.4, -0.2) is 21.1 Å². The third kappa shape index (κ3) is 3.91. The molecule has 0 spiro atoms. The van der Waals surface area contributed by atoms with Gasteiger partial charge in [0.05, 0.1) is 18.3 Å². The van der Waals surface area contributed by atoms with Gasteiger partial charge >= 0.3 is 0 Å². The molecule has 5 heteroatoms. The molecule has 2 aromatic heterocycles. The summed E-state index contributed by atoms with van der Waals surface area (Å²) in [4.78, 5) is 12.9. The summed E-state index contributed by atoms with van der Waals surface area (Å²) in [6, 6.07) is 5.93. The van der Waals surface area contributed by atoms with Crippen LogP contribution >= 0.6 is 0 Å². The zero-order chi connectivity index (χ0) is 13.7. The van der Waals surface area contributed by atoms with Crippen molar-refractivity contribution in [2.45, 2.75) is 33.4 Å². The van der Waals surface area contributed by atoms with Gasteiger partial charge in [0.2, 0.25) is 0 Å². The molecule has 0 unspecified atom stereocenters.